The van der Waals surface area contributed by atoms with Crippen LogP contribution in [0.2, 0.25) is 0 Å². The minimum atomic E-state index is -0.292. The number of benzene rings is 1. The molecular formula is C20H19FN6O. The van der Waals surface area contributed by atoms with E-state index in [-0.39, 0.29) is 17.8 Å². The summed E-state index contributed by atoms with van der Waals surface area (Å²) < 4.78 is 16.8. The van der Waals surface area contributed by atoms with Gasteiger partial charge in [0.15, 0.2) is 5.82 Å². The number of amides is 1. The number of halogens is 1. The third kappa shape index (κ3) is 3.36. The first-order valence-corrected chi connectivity index (χ1v) is 8.98. The van der Waals surface area contributed by atoms with Crippen molar-refractivity contribution in [2.24, 2.45) is 0 Å². The summed E-state index contributed by atoms with van der Waals surface area (Å²) in [6.07, 6.45) is 5.19. The summed E-state index contributed by atoms with van der Waals surface area (Å²) in [4.78, 5) is 17.2. The van der Waals surface area contributed by atoms with Crippen molar-refractivity contribution in [3.05, 3.63) is 72.3 Å². The molecule has 1 unspecified atom stereocenters. The molecule has 3 aromatic heterocycles. The molecule has 7 nitrogen and oxygen atoms in total. The lowest BCUT2D eigenvalue weighted by atomic mass is 10.2. The topological polar surface area (TPSA) is 77.1 Å². The first-order chi connectivity index (χ1) is 13.5. The van der Waals surface area contributed by atoms with Gasteiger partial charge in [0, 0.05) is 24.5 Å². The Kier molecular flexibility index (Phi) is 4.60. The van der Waals surface area contributed by atoms with Crippen LogP contribution < -0.4 is 5.32 Å². The van der Waals surface area contributed by atoms with E-state index < -0.39 is 0 Å². The predicted octanol–water partition coefficient (Wildman–Crippen LogP) is 3.24. The fourth-order valence-electron chi connectivity index (χ4n) is 3.07. The van der Waals surface area contributed by atoms with Gasteiger partial charge in [0.25, 0.3) is 5.91 Å². The summed E-state index contributed by atoms with van der Waals surface area (Å²) >= 11 is 0. The second-order valence-corrected chi connectivity index (χ2v) is 6.49. The molecule has 0 fully saturated rings. The molecule has 0 saturated heterocycles. The Labute approximate surface area is 160 Å². The molecule has 1 amide bonds. The first kappa shape index (κ1) is 17.8. The Bertz CT molecular complexity index is 1130. The van der Waals surface area contributed by atoms with Crippen LogP contribution in [-0.4, -0.2) is 30.1 Å². The second kappa shape index (κ2) is 7.22. The Morgan fingerprint density at radius 2 is 1.96 bits per heavy atom. The van der Waals surface area contributed by atoms with Gasteiger partial charge in [0.05, 0.1) is 17.3 Å². The minimum absolute atomic E-state index is 0.211. The van der Waals surface area contributed by atoms with Crippen molar-refractivity contribution in [2.75, 3.05) is 0 Å². The number of pyridine rings is 1. The number of rotatable bonds is 5. The maximum absolute atomic E-state index is 13.1. The Morgan fingerprint density at radius 3 is 2.71 bits per heavy atom. The molecule has 0 spiro atoms. The van der Waals surface area contributed by atoms with Gasteiger partial charge >= 0.3 is 0 Å². The first-order valence-electron chi connectivity index (χ1n) is 8.98. The highest BCUT2D eigenvalue weighted by molar-refractivity contribution is 5.94. The van der Waals surface area contributed by atoms with E-state index in [2.05, 4.69) is 20.5 Å². The molecule has 0 bridgehead atoms. The zero-order valence-corrected chi connectivity index (χ0v) is 15.5. The molecule has 0 radical (unpaired) electrons. The van der Waals surface area contributed by atoms with Gasteiger partial charge in [-0.3, -0.25) is 4.79 Å². The van der Waals surface area contributed by atoms with Crippen LogP contribution >= 0.6 is 0 Å². The van der Waals surface area contributed by atoms with Crippen molar-refractivity contribution < 1.29 is 9.18 Å². The standard InChI is InChI=1S/C20H19FN6O/c1-3-26-12-22-25-19(26)13(2)23-20(28)15-6-9-18-24-17(11-27(18)10-15)14-4-7-16(21)8-5-14/h4-13H,3H2,1-2H3,(H,23,28). The average Bonchev–Trinajstić information content (AvgIpc) is 3.34. The van der Waals surface area contributed by atoms with Crippen LogP contribution in [-0.2, 0) is 6.54 Å². The molecule has 3 heterocycles. The number of nitrogens with zero attached hydrogens (tertiary/aromatic N) is 5. The maximum Gasteiger partial charge on any atom is 0.253 e. The number of aryl methyl sites for hydroxylation is 1. The Morgan fingerprint density at radius 1 is 1.18 bits per heavy atom. The van der Waals surface area contributed by atoms with E-state index in [1.807, 2.05) is 24.6 Å². The molecule has 142 valence electrons. The lowest BCUT2D eigenvalue weighted by Crippen LogP contribution is -2.28. The quantitative estimate of drug-likeness (QED) is 0.578. The monoisotopic (exact) mass is 378 g/mol. The number of fused-ring (bicyclic) bond motifs is 1. The number of hydrogen-bond acceptors (Lipinski definition) is 4. The van der Waals surface area contributed by atoms with E-state index in [0.717, 1.165) is 12.1 Å². The molecule has 4 rings (SSSR count). The van der Waals surface area contributed by atoms with Crippen LogP contribution in [0.4, 0.5) is 4.39 Å². The van der Waals surface area contributed by atoms with Crippen LogP contribution in [0.3, 0.4) is 0 Å². The zero-order valence-electron chi connectivity index (χ0n) is 15.5. The van der Waals surface area contributed by atoms with E-state index >= 15 is 0 Å². The number of carbonyl (C=O) groups excluding carboxylic acids is 1. The predicted molar refractivity (Wildman–Crippen MR) is 102 cm³/mol. The molecule has 0 aliphatic carbocycles. The molecule has 0 saturated carbocycles. The molecule has 0 aliphatic rings. The summed E-state index contributed by atoms with van der Waals surface area (Å²) in [5.74, 6) is 0.203. The molecule has 4 aromatic rings. The lowest BCUT2D eigenvalue weighted by molar-refractivity contribution is 0.0937. The third-order valence-electron chi connectivity index (χ3n) is 4.57. The lowest BCUT2D eigenvalue weighted by Gasteiger charge is -2.14. The fraction of sp³-hybridized carbons (Fsp3) is 0.200. The molecule has 1 atom stereocenters. The molecule has 1 N–H and O–H groups in total. The van der Waals surface area contributed by atoms with Gasteiger partial charge < -0.3 is 14.3 Å². The minimum Gasteiger partial charge on any atom is -0.342 e. The normalized spacial score (nSPS) is 12.2. The van der Waals surface area contributed by atoms with Crippen LogP contribution in [0.1, 0.15) is 36.1 Å². The van der Waals surface area contributed by atoms with Gasteiger partial charge in [-0.15, -0.1) is 10.2 Å². The van der Waals surface area contributed by atoms with Crippen molar-refractivity contribution in [3.63, 3.8) is 0 Å². The Hall–Kier alpha value is -3.55. The van der Waals surface area contributed by atoms with Gasteiger partial charge in [-0.2, -0.15) is 0 Å². The molecule has 0 aliphatic heterocycles. The van der Waals surface area contributed by atoms with Crippen molar-refractivity contribution in [3.8, 4) is 11.3 Å². The van der Waals surface area contributed by atoms with Gasteiger partial charge in [0.2, 0.25) is 0 Å². The number of carbonyl (C=O) groups is 1. The highest BCUT2D eigenvalue weighted by Crippen LogP contribution is 2.20. The maximum atomic E-state index is 13.1. The summed E-state index contributed by atoms with van der Waals surface area (Å²) in [6.45, 7) is 4.60. The van der Waals surface area contributed by atoms with Gasteiger partial charge in [-0.1, -0.05) is 0 Å². The van der Waals surface area contributed by atoms with E-state index in [1.165, 1.54) is 12.1 Å². The fourth-order valence-corrected chi connectivity index (χ4v) is 3.07. The summed E-state index contributed by atoms with van der Waals surface area (Å²) in [5.41, 5.74) is 2.73. The van der Waals surface area contributed by atoms with Gasteiger partial charge in [0.1, 0.15) is 17.8 Å². The van der Waals surface area contributed by atoms with Crippen LogP contribution in [0, 0.1) is 5.82 Å². The Balaban J connectivity index is 1.57. The second-order valence-electron chi connectivity index (χ2n) is 6.49. The van der Waals surface area contributed by atoms with Gasteiger partial charge in [-0.05, 0) is 50.2 Å². The zero-order chi connectivity index (χ0) is 19.7. The molecule has 1 aromatic carbocycles. The SMILES string of the molecule is CCn1cnnc1C(C)NC(=O)c1ccc2nc(-c3ccc(F)cc3)cn2c1. The average molecular weight is 378 g/mol. The van der Waals surface area contributed by atoms with Crippen molar-refractivity contribution in [1.29, 1.82) is 0 Å². The van der Waals surface area contributed by atoms with E-state index in [0.29, 0.717) is 22.7 Å². The largest absolute Gasteiger partial charge is 0.342 e. The molecule has 8 heteroatoms. The number of nitrogens with one attached hydrogen (secondary N) is 1. The third-order valence-corrected chi connectivity index (χ3v) is 4.57. The van der Waals surface area contributed by atoms with Gasteiger partial charge in [-0.25, -0.2) is 9.37 Å². The molecule has 28 heavy (non-hydrogen) atoms. The highest BCUT2D eigenvalue weighted by Gasteiger charge is 2.17. The number of hydrogen-bond donors (Lipinski definition) is 1. The number of imidazole rings is 1. The van der Waals surface area contributed by atoms with E-state index in [1.54, 1.807) is 41.2 Å². The molecular weight excluding hydrogens is 359 g/mol. The summed E-state index contributed by atoms with van der Waals surface area (Å²) in [6, 6.07) is 9.38. The van der Waals surface area contributed by atoms with Crippen LogP contribution in [0.15, 0.2) is 55.1 Å². The van der Waals surface area contributed by atoms with Crippen molar-refractivity contribution in [2.45, 2.75) is 26.4 Å². The van der Waals surface area contributed by atoms with Crippen molar-refractivity contribution >= 4 is 11.6 Å². The van der Waals surface area contributed by atoms with Crippen LogP contribution in [0.5, 0.6) is 0 Å². The van der Waals surface area contributed by atoms with Crippen molar-refractivity contribution in [1.82, 2.24) is 29.5 Å². The smallest absolute Gasteiger partial charge is 0.253 e. The number of aromatic nitrogens is 5. The van der Waals surface area contributed by atoms with Crippen LogP contribution in [0.25, 0.3) is 16.9 Å². The van der Waals surface area contributed by atoms with E-state index in [4.69, 9.17) is 0 Å². The summed E-state index contributed by atoms with van der Waals surface area (Å²) in [7, 11) is 0. The highest BCUT2D eigenvalue weighted by atomic mass is 19.1. The summed E-state index contributed by atoms with van der Waals surface area (Å²) in [5, 5.41) is 10.9. The van der Waals surface area contributed by atoms with E-state index in [9.17, 15) is 9.18 Å².